The molecule has 4 rings (SSSR count). The van der Waals surface area contributed by atoms with Crippen molar-refractivity contribution in [2.45, 2.75) is 17.8 Å². The Morgan fingerprint density at radius 2 is 1.97 bits per heavy atom. The fourth-order valence-corrected chi connectivity index (χ4v) is 3.81. The van der Waals surface area contributed by atoms with E-state index in [0.717, 1.165) is 28.2 Å². The highest BCUT2D eigenvalue weighted by atomic mass is 35.5. The van der Waals surface area contributed by atoms with Crippen LogP contribution in [0.4, 0.5) is 0 Å². The molecule has 0 radical (unpaired) electrons. The molecule has 3 aromatic rings. The molecule has 0 spiro atoms. The second-order valence-corrected chi connectivity index (χ2v) is 7.75. The summed E-state index contributed by atoms with van der Waals surface area (Å²) in [5.74, 6) is 3.69. The molecule has 0 fully saturated rings. The molecule has 2 heterocycles. The molecule has 0 saturated carbocycles. The highest BCUT2D eigenvalue weighted by molar-refractivity contribution is 7.99. The summed E-state index contributed by atoms with van der Waals surface area (Å²) in [6.45, 7) is 5.36. The monoisotopic (exact) mass is 429 g/mol. The van der Waals surface area contributed by atoms with Gasteiger partial charge in [0.15, 0.2) is 28.6 Å². The molecule has 0 saturated heterocycles. The van der Waals surface area contributed by atoms with Gasteiger partial charge in [-0.1, -0.05) is 41.6 Å². The van der Waals surface area contributed by atoms with Gasteiger partial charge >= 0.3 is 0 Å². The van der Waals surface area contributed by atoms with Gasteiger partial charge in [0.2, 0.25) is 0 Å². The molecule has 1 aromatic heterocycles. The number of allylic oxidation sites excluding steroid dienone is 1. The molecular weight excluding hydrogens is 410 g/mol. The molecule has 0 amide bonds. The molecule has 2 aromatic carbocycles. The highest BCUT2D eigenvalue weighted by Gasteiger charge is 2.28. The fourth-order valence-electron chi connectivity index (χ4n) is 2.92. The zero-order chi connectivity index (χ0) is 20.1. The van der Waals surface area contributed by atoms with Crippen LogP contribution in [0.3, 0.4) is 0 Å². The molecule has 1 atom stereocenters. The summed E-state index contributed by atoms with van der Waals surface area (Å²) in [6, 6.07) is 14.9. The van der Waals surface area contributed by atoms with Crippen LogP contribution in [0.2, 0.25) is 5.02 Å². The summed E-state index contributed by atoms with van der Waals surface area (Å²) in [7, 11) is 0. The van der Waals surface area contributed by atoms with E-state index in [2.05, 4.69) is 16.8 Å². The molecule has 8 heteroatoms. The quantitative estimate of drug-likeness (QED) is 0.291. The minimum atomic E-state index is -0.322. The van der Waals surface area contributed by atoms with Gasteiger partial charge < -0.3 is 14.2 Å². The van der Waals surface area contributed by atoms with Crippen LogP contribution in [0.5, 0.6) is 17.2 Å². The van der Waals surface area contributed by atoms with Crippen LogP contribution in [-0.2, 0) is 6.54 Å². The van der Waals surface area contributed by atoms with Gasteiger partial charge in [0.1, 0.15) is 12.4 Å². The maximum absolute atomic E-state index is 6.08. The molecule has 29 heavy (non-hydrogen) atoms. The Hall–Kier alpha value is -2.64. The van der Waals surface area contributed by atoms with E-state index in [1.54, 1.807) is 23.9 Å². The van der Waals surface area contributed by atoms with Crippen LogP contribution in [0, 0.1) is 0 Å². The first-order valence-corrected chi connectivity index (χ1v) is 10.5. The van der Waals surface area contributed by atoms with Gasteiger partial charge in [-0.25, -0.2) is 0 Å². The number of hydrogen-bond acceptors (Lipinski definition) is 6. The van der Waals surface area contributed by atoms with Crippen molar-refractivity contribution in [3.05, 3.63) is 72.0 Å². The number of aromatic nitrogens is 3. The first-order chi connectivity index (χ1) is 14.2. The predicted octanol–water partition coefficient (Wildman–Crippen LogP) is 4.80. The molecule has 6 nitrogen and oxygen atoms in total. The average Bonchev–Trinajstić information content (AvgIpc) is 3.15. The van der Waals surface area contributed by atoms with E-state index in [1.165, 1.54) is 0 Å². The number of hydrogen-bond donors (Lipinski definition) is 0. The normalized spacial score (nSPS) is 15.1. The third kappa shape index (κ3) is 4.68. The van der Waals surface area contributed by atoms with Crippen molar-refractivity contribution in [2.24, 2.45) is 0 Å². The minimum absolute atomic E-state index is 0.322. The van der Waals surface area contributed by atoms with E-state index in [1.807, 2.05) is 47.0 Å². The van der Waals surface area contributed by atoms with Gasteiger partial charge in [-0.05, 0) is 36.4 Å². The van der Waals surface area contributed by atoms with E-state index >= 15 is 0 Å². The number of nitrogens with zero attached hydrogens (tertiary/aromatic N) is 3. The predicted molar refractivity (Wildman–Crippen MR) is 113 cm³/mol. The number of halogens is 1. The summed E-state index contributed by atoms with van der Waals surface area (Å²) >= 11 is 7.46. The van der Waals surface area contributed by atoms with Gasteiger partial charge in [0.25, 0.3) is 0 Å². The molecule has 0 bridgehead atoms. The van der Waals surface area contributed by atoms with Crippen LogP contribution < -0.4 is 14.2 Å². The second kappa shape index (κ2) is 9.24. The molecule has 0 aliphatic carbocycles. The summed E-state index contributed by atoms with van der Waals surface area (Å²) in [5.41, 5.74) is 0. The Balaban J connectivity index is 1.40. The maximum atomic E-state index is 6.08. The third-order valence-corrected chi connectivity index (χ3v) is 5.43. The zero-order valence-electron chi connectivity index (χ0n) is 15.7. The third-order valence-electron chi connectivity index (χ3n) is 4.25. The molecule has 1 aliphatic heterocycles. The molecule has 0 N–H and O–H groups in total. The van der Waals surface area contributed by atoms with E-state index < -0.39 is 0 Å². The van der Waals surface area contributed by atoms with Crippen LogP contribution >= 0.6 is 23.4 Å². The molecule has 0 unspecified atom stereocenters. The van der Waals surface area contributed by atoms with E-state index in [0.29, 0.717) is 30.5 Å². The number of para-hydroxylation sites is 2. The summed E-state index contributed by atoms with van der Waals surface area (Å²) < 4.78 is 19.6. The maximum Gasteiger partial charge on any atom is 0.192 e. The van der Waals surface area contributed by atoms with Gasteiger partial charge in [0, 0.05) is 17.3 Å². The van der Waals surface area contributed by atoms with E-state index in [9.17, 15) is 0 Å². The first-order valence-electron chi connectivity index (χ1n) is 9.18. The number of benzene rings is 2. The standard InChI is InChI=1S/C21H20ClN3O3S/c1-2-11-25-20(19-14-27-17-5-3-4-6-18(17)28-19)23-24-21(25)29-13-12-26-16-9-7-15(22)8-10-16/h2-10,19H,1,11-14H2/t19-/m0/s1. The summed E-state index contributed by atoms with van der Waals surface area (Å²) in [4.78, 5) is 0. The average molecular weight is 430 g/mol. The SMILES string of the molecule is C=CCn1c(SCCOc2ccc(Cl)cc2)nnc1[C@@H]1COc2ccccc2O1. The smallest absolute Gasteiger partial charge is 0.192 e. The lowest BCUT2D eigenvalue weighted by molar-refractivity contribution is 0.0821. The van der Waals surface area contributed by atoms with Crippen molar-refractivity contribution in [1.29, 1.82) is 0 Å². The van der Waals surface area contributed by atoms with Gasteiger partial charge in [-0.15, -0.1) is 16.8 Å². The largest absolute Gasteiger partial charge is 0.493 e. The Kier molecular flexibility index (Phi) is 6.27. The lowest BCUT2D eigenvalue weighted by Crippen LogP contribution is -2.25. The molecular formula is C21H20ClN3O3S. The van der Waals surface area contributed by atoms with E-state index in [-0.39, 0.29) is 6.10 Å². The van der Waals surface area contributed by atoms with Gasteiger partial charge in [-0.3, -0.25) is 4.57 Å². The molecule has 150 valence electrons. The van der Waals surface area contributed by atoms with Crippen LogP contribution in [-0.4, -0.2) is 33.7 Å². The number of thioether (sulfide) groups is 1. The fraction of sp³-hybridized carbons (Fsp3) is 0.238. The highest BCUT2D eigenvalue weighted by Crippen LogP contribution is 2.36. The van der Waals surface area contributed by atoms with Crippen molar-refractivity contribution < 1.29 is 14.2 Å². The van der Waals surface area contributed by atoms with Crippen molar-refractivity contribution in [1.82, 2.24) is 14.8 Å². The van der Waals surface area contributed by atoms with Crippen molar-refractivity contribution in [3.8, 4) is 17.2 Å². The van der Waals surface area contributed by atoms with Crippen LogP contribution in [0.1, 0.15) is 11.9 Å². The zero-order valence-corrected chi connectivity index (χ0v) is 17.2. The number of ether oxygens (including phenoxy) is 3. The Morgan fingerprint density at radius 3 is 2.76 bits per heavy atom. The lowest BCUT2D eigenvalue weighted by Gasteiger charge is -2.26. The topological polar surface area (TPSA) is 58.4 Å². The van der Waals surface area contributed by atoms with Crippen LogP contribution in [0.25, 0.3) is 0 Å². The number of fused-ring (bicyclic) bond motifs is 1. The first kappa shape index (κ1) is 19.7. The van der Waals surface area contributed by atoms with Gasteiger partial charge in [-0.2, -0.15) is 0 Å². The Labute approximate surface area is 178 Å². The van der Waals surface area contributed by atoms with Gasteiger partial charge in [0.05, 0.1) is 6.61 Å². The minimum Gasteiger partial charge on any atom is -0.493 e. The Bertz CT molecular complexity index is 978. The second-order valence-electron chi connectivity index (χ2n) is 6.26. The van der Waals surface area contributed by atoms with E-state index in [4.69, 9.17) is 25.8 Å². The lowest BCUT2D eigenvalue weighted by atomic mass is 10.2. The Morgan fingerprint density at radius 1 is 1.17 bits per heavy atom. The molecule has 1 aliphatic rings. The van der Waals surface area contributed by atoms with Crippen molar-refractivity contribution >= 4 is 23.4 Å². The number of rotatable bonds is 8. The van der Waals surface area contributed by atoms with Crippen molar-refractivity contribution in [2.75, 3.05) is 19.0 Å². The summed E-state index contributed by atoms with van der Waals surface area (Å²) in [6.07, 6.45) is 1.50. The summed E-state index contributed by atoms with van der Waals surface area (Å²) in [5, 5.41) is 10.2. The van der Waals surface area contributed by atoms with Crippen LogP contribution in [0.15, 0.2) is 66.3 Å². The van der Waals surface area contributed by atoms with Crippen molar-refractivity contribution in [3.63, 3.8) is 0 Å².